The first kappa shape index (κ1) is 8.84. The summed E-state index contributed by atoms with van der Waals surface area (Å²) in [5, 5.41) is 8.58. The maximum atomic E-state index is 10.4. The van der Waals surface area contributed by atoms with Crippen molar-refractivity contribution in [2.24, 2.45) is 0 Å². The summed E-state index contributed by atoms with van der Waals surface area (Å²) in [5.74, 6) is -0.775. The minimum absolute atomic E-state index is 0.113. The third-order valence-electron chi connectivity index (χ3n) is 1.80. The lowest BCUT2D eigenvalue weighted by Crippen LogP contribution is -2.06. The number of aryl methyl sites for hydroxylation is 2. The maximum Gasteiger partial charge on any atom is 0.309 e. The van der Waals surface area contributed by atoms with Crippen LogP contribution in [0.4, 0.5) is 0 Å². The number of aromatic nitrogens is 1. The quantitative estimate of drug-likeness (QED) is 0.740. The summed E-state index contributed by atoms with van der Waals surface area (Å²) in [5.41, 5.74) is 2.00. The van der Waals surface area contributed by atoms with Crippen LogP contribution in [0, 0.1) is 6.92 Å². The smallest absolute Gasteiger partial charge is 0.309 e. The molecule has 0 bridgehead atoms. The van der Waals surface area contributed by atoms with Crippen LogP contribution >= 0.6 is 0 Å². The topological polar surface area (TPSA) is 42.2 Å². The van der Waals surface area contributed by atoms with Gasteiger partial charge >= 0.3 is 5.97 Å². The van der Waals surface area contributed by atoms with Gasteiger partial charge in [-0.3, -0.25) is 4.79 Å². The molecule has 12 heavy (non-hydrogen) atoms. The fourth-order valence-corrected chi connectivity index (χ4v) is 1.31. The number of nitrogens with zero attached hydrogens (tertiary/aromatic N) is 1. The molecule has 1 aromatic rings. The Bertz CT molecular complexity index is 289. The van der Waals surface area contributed by atoms with Gasteiger partial charge < -0.3 is 9.67 Å². The first-order valence-electron chi connectivity index (χ1n) is 4.01. The molecule has 0 saturated heterocycles. The number of aliphatic carboxylic acids is 1. The summed E-state index contributed by atoms with van der Waals surface area (Å²) in [7, 11) is 0. The van der Waals surface area contributed by atoms with Crippen molar-refractivity contribution < 1.29 is 9.90 Å². The van der Waals surface area contributed by atoms with Crippen LogP contribution in [0.15, 0.2) is 12.3 Å². The zero-order valence-electron chi connectivity index (χ0n) is 7.37. The minimum Gasteiger partial charge on any atom is -0.481 e. The molecule has 0 fully saturated rings. The van der Waals surface area contributed by atoms with Crippen LogP contribution in [-0.4, -0.2) is 15.6 Å². The van der Waals surface area contributed by atoms with Gasteiger partial charge in [-0.05, 0) is 25.5 Å². The van der Waals surface area contributed by atoms with Crippen molar-refractivity contribution in [3.05, 3.63) is 23.5 Å². The van der Waals surface area contributed by atoms with Crippen molar-refractivity contribution >= 4 is 5.97 Å². The highest BCUT2D eigenvalue weighted by molar-refractivity contribution is 5.69. The number of hydrogen-bond donors (Lipinski definition) is 1. The highest BCUT2D eigenvalue weighted by Crippen LogP contribution is 2.08. The Morgan fingerprint density at radius 1 is 1.67 bits per heavy atom. The molecule has 0 aliphatic carbocycles. The molecule has 1 rings (SSSR count). The van der Waals surface area contributed by atoms with E-state index in [9.17, 15) is 4.79 Å². The van der Waals surface area contributed by atoms with Gasteiger partial charge in [0.2, 0.25) is 0 Å². The lowest BCUT2D eigenvalue weighted by atomic mass is 10.3. The number of carbonyl (C=O) groups is 1. The second-order valence-electron chi connectivity index (χ2n) is 2.87. The zero-order valence-corrected chi connectivity index (χ0v) is 7.37. The van der Waals surface area contributed by atoms with Crippen LogP contribution in [0.25, 0.3) is 0 Å². The summed E-state index contributed by atoms with van der Waals surface area (Å²) in [6, 6.07) is 1.91. The molecular formula is C9H13NO2. The fraction of sp³-hybridized carbons (Fsp3) is 0.444. The standard InChI is InChI=1S/C9H13NO2/c1-3-10-6-7(2)4-8(10)5-9(11)12/h4,6H,3,5H2,1-2H3,(H,11,12). The second kappa shape index (κ2) is 3.43. The summed E-state index contributed by atoms with van der Waals surface area (Å²) in [6.07, 6.45) is 2.08. The summed E-state index contributed by atoms with van der Waals surface area (Å²) in [4.78, 5) is 10.4. The molecule has 0 amide bonds. The molecule has 0 spiro atoms. The van der Waals surface area contributed by atoms with Crippen molar-refractivity contribution in [1.82, 2.24) is 4.57 Å². The zero-order chi connectivity index (χ0) is 9.14. The van der Waals surface area contributed by atoms with Gasteiger partial charge in [0.05, 0.1) is 6.42 Å². The van der Waals surface area contributed by atoms with Gasteiger partial charge in [0.25, 0.3) is 0 Å². The predicted molar refractivity (Wildman–Crippen MR) is 46.2 cm³/mol. The molecule has 0 aromatic carbocycles. The molecule has 1 aromatic heterocycles. The summed E-state index contributed by atoms with van der Waals surface area (Å²) < 4.78 is 1.96. The Balaban J connectivity index is 2.89. The fourth-order valence-electron chi connectivity index (χ4n) is 1.31. The van der Waals surface area contributed by atoms with Crippen molar-refractivity contribution in [2.75, 3.05) is 0 Å². The number of rotatable bonds is 3. The Morgan fingerprint density at radius 3 is 2.83 bits per heavy atom. The molecule has 3 heteroatoms. The molecule has 1 heterocycles. The van der Waals surface area contributed by atoms with E-state index in [-0.39, 0.29) is 6.42 Å². The first-order valence-corrected chi connectivity index (χ1v) is 4.01. The number of carboxylic acids is 1. The number of carboxylic acid groups (broad SMARTS) is 1. The van der Waals surface area contributed by atoms with Crippen LogP contribution in [0.3, 0.4) is 0 Å². The second-order valence-corrected chi connectivity index (χ2v) is 2.87. The maximum absolute atomic E-state index is 10.4. The Morgan fingerprint density at radius 2 is 2.33 bits per heavy atom. The van der Waals surface area contributed by atoms with Crippen LogP contribution in [0.5, 0.6) is 0 Å². The molecule has 3 nitrogen and oxygen atoms in total. The van der Waals surface area contributed by atoms with E-state index in [2.05, 4.69) is 0 Å². The van der Waals surface area contributed by atoms with Gasteiger partial charge in [-0.1, -0.05) is 0 Å². The van der Waals surface area contributed by atoms with Crippen molar-refractivity contribution in [3.63, 3.8) is 0 Å². The Hall–Kier alpha value is -1.25. The monoisotopic (exact) mass is 167 g/mol. The largest absolute Gasteiger partial charge is 0.481 e. The summed E-state index contributed by atoms with van der Waals surface area (Å²) >= 11 is 0. The average Bonchev–Trinajstić information content (AvgIpc) is 2.29. The van der Waals surface area contributed by atoms with Gasteiger partial charge in [-0.25, -0.2) is 0 Å². The van der Waals surface area contributed by atoms with E-state index in [0.717, 1.165) is 17.8 Å². The Kier molecular flexibility index (Phi) is 2.53. The first-order chi connectivity index (χ1) is 5.63. The van der Waals surface area contributed by atoms with Gasteiger partial charge in [0, 0.05) is 18.4 Å². The minimum atomic E-state index is -0.775. The van der Waals surface area contributed by atoms with Gasteiger partial charge in [-0.15, -0.1) is 0 Å². The van der Waals surface area contributed by atoms with Gasteiger partial charge in [0.1, 0.15) is 0 Å². The molecule has 0 aliphatic rings. The van der Waals surface area contributed by atoms with E-state index in [0.29, 0.717) is 0 Å². The lowest BCUT2D eigenvalue weighted by Gasteiger charge is -2.01. The van der Waals surface area contributed by atoms with E-state index in [1.807, 2.05) is 30.7 Å². The van der Waals surface area contributed by atoms with Gasteiger partial charge in [-0.2, -0.15) is 0 Å². The molecule has 66 valence electrons. The van der Waals surface area contributed by atoms with Crippen LogP contribution in [0.2, 0.25) is 0 Å². The van der Waals surface area contributed by atoms with Crippen LogP contribution in [0.1, 0.15) is 18.2 Å². The highest BCUT2D eigenvalue weighted by atomic mass is 16.4. The van der Waals surface area contributed by atoms with Crippen LogP contribution in [-0.2, 0) is 17.8 Å². The molecule has 0 unspecified atom stereocenters. The molecule has 0 aliphatic heterocycles. The van der Waals surface area contributed by atoms with Crippen molar-refractivity contribution in [3.8, 4) is 0 Å². The Labute approximate surface area is 71.6 Å². The summed E-state index contributed by atoms with van der Waals surface area (Å²) in [6.45, 7) is 4.80. The van der Waals surface area contributed by atoms with Crippen LogP contribution < -0.4 is 0 Å². The van der Waals surface area contributed by atoms with E-state index in [1.165, 1.54) is 0 Å². The molecule has 1 N–H and O–H groups in total. The molecule has 0 radical (unpaired) electrons. The molecular weight excluding hydrogens is 154 g/mol. The van der Waals surface area contributed by atoms with E-state index in [1.54, 1.807) is 0 Å². The highest BCUT2D eigenvalue weighted by Gasteiger charge is 2.05. The third kappa shape index (κ3) is 1.87. The normalized spacial score (nSPS) is 10.2. The lowest BCUT2D eigenvalue weighted by molar-refractivity contribution is -0.136. The SMILES string of the molecule is CCn1cc(C)cc1CC(=O)O. The predicted octanol–water partition coefficient (Wildman–Crippen LogP) is 1.44. The third-order valence-corrected chi connectivity index (χ3v) is 1.80. The van der Waals surface area contributed by atoms with E-state index in [4.69, 9.17) is 5.11 Å². The van der Waals surface area contributed by atoms with Gasteiger partial charge in [0.15, 0.2) is 0 Å². The van der Waals surface area contributed by atoms with E-state index < -0.39 is 5.97 Å². The molecule has 0 saturated carbocycles. The molecule has 0 atom stereocenters. The number of hydrogen-bond acceptors (Lipinski definition) is 1. The van der Waals surface area contributed by atoms with Crippen molar-refractivity contribution in [2.45, 2.75) is 26.8 Å². The van der Waals surface area contributed by atoms with Crippen molar-refractivity contribution in [1.29, 1.82) is 0 Å². The van der Waals surface area contributed by atoms with E-state index >= 15 is 0 Å². The average molecular weight is 167 g/mol.